The van der Waals surface area contributed by atoms with Crippen molar-refractivity contribution in [3.8, 4) is 0 Å². The van der Waals surface area contributed by atoms with Crippen molar-refractivity contribution in [2.24, 2.45) is 0 Å². The van der Waals surface area contributed by atoms with Crippen LogP contribution in [0.15, 0.2) is 61.2 Å². The maximum Gasteiger partial charge on any atom is 0.251 e. The molecule has 2 aromatic carbocycles. The van der Waals surface area contributed by atoms with E-state index in [4.69, 9.17) is 0 Å². The smallest absolute Gasteiger partial charge is 0.251 e. The van der Waals surface area contributed by atoms with Crippen LogP contribution >= 0.6 is 0 Å². The van der Waals surface area contributed by atoms with E-state index in [0.29, 0.717) is 18.7 Å². The molecule has 1 aromatic heterocycles. The molecule has 1 heterocycles. The van der Waals surface area contributed by atoms with Gasteiger partial charge in [0.05, 0.1) is 6.54 Å². The summed E-state index contributed by atoms with van der Waals surface area (Å²) in [5.74, 6) is -0.597. The third-order valence-corrected chi connectivity index (χ3v) is 3.46. The molecule has 0 saturated heterocycles. The Morgan fingerprint density at radius 1 is 1.09 bits per heavy atom. The number of nitrogens with zero attached hydrogens (tertiary/aromatic N) is 3. The molecule has 0 fully saturated rings. The van der Waals surface area contributed by atoms with E-state index in [1.807, 2.05) is 24.3 Å². The SMILES string of the molecule is O=C(NCc1ccccc1Cn1cncn1)c1ccc(F)cc1. The zero-order chi connectivity index (χ0) is 16.1. The first-order valence-corrected chi connectivity index (χ1v) is 7.15. The van der Waals surface area contributed by atoms with Crippen molar-refractivity contribution in [1.82, 2.24) is 20.1 Å². The van der Waals surface area contributed by atoms with Crippen molar-refractivity contribution in [3.05, 3.63) is 83.7 Å². The first kappa shape index (κ1) is 14.9. The molecule has 3 rings (SSSR count). The van der Waals surface area contributed by atoms with Crippen LogP contribution in [0.2, 0.25) is 0 Å². The fourth-order valence-electron chi connectivity index (χ4n) is 2.25. The van der Waals surface area contributed by atoms with E-state index >= 15 is 0 Å². The van der Waals surface area contributed by atoms with Crippen molar-refractivity contribution < 1.29 is 9.18 Å². The third kappa shape index (κ3) is 3.79. The third-order valence-electron chi connectivity index (χ3n) is 3.46. The van der Waals surface area contributed by atoms with Crippen LogP contribution in [0.4, 0.5) is 4.39 Å². The monoisotopic (exact) mass is 310 g/mol. The Labute approximate surface area is 132 Å². The molecule has 1 N–H and O–H groups in total. The van der Waals surface area contributed by atoms with E-state index in [2.05, 4.69) is 15.4 Å². The van der Waals surface area contributed by atoms with Crippen LogP contribution in [-0.4, -0.2) is 20.7 Å². The lowest BCUT2D eigenvalue weighted by molar-refractivity contribution is 0.0951. The summed E-state index contributed by atoms with van der Waals surface area (Å²) in [6.07, 6.45) is 3.13. The number of hydrogen-bond acceptors (Lipinski definition) is 3. The average molecular weight is 310 g/mol. The highest BCUT2D eigenvalue weighted by molar-refractivity contribution is 5.94. The molecule has 1 amide bonds. The van der Waals surface area contributed by atoms with Gasteiger partial charge in [0, 0.05) is 12.1 Å². The molecule has 6 heteroatoms. The molecule has 0 aliphatic heterocycles. The summed E-state index contributed by atoms with van der Waals surface area (Å²) < 4.78 is 14.6. The van der Waals surface area contributed by atoms with E-state index in [-0.39, 0.29) is 11.7 Å². The van der Waals surface area contributed by atoms with Gasteiger partial charge in [-0.1, -0.05) is 24.3 Å². The van der Waals surface area contributed by atoms with Crippen LogP contribution in [0.3, 0.4) is 0 Å². The lowest BCUT2D eigenvalue weighted by Crippen LogP contribution is -2.23. The Morgan fingerprint density at radius 2 is 1.83 bits per heavy atom. The van der Waals surface area contributed by atoms with Gasteiger partial charge < -0.3 is 5.32 Å². The van der Waals surface area contributed by atoms with Gasteiger partial charge in [-0.15, -0.1) is 0 Å². The zero-order valence-corrected chi connectivity index (χ0v) is 12.3. The summed E-state index contributed by atoms with van der Waals surface area (Å²) in [5.41, 5.74) is 2.48. The largest absolute Gasteiger partial charge is 0.348 e. The predicted molar refractivity (Wildman–Crippen MR) is 83.1 cm³/mol. The fourth-order valence-corrected chi connectivity index (χ4v) is 2.25. The van der Waals surface area contributed by atoms with E-state index in [9.17, 15) is 9.18 Å². The number of halogens is 1. The van der Waals surface area contributed by atoms with Crippen molar-refractivity contribution in [1.29, 1.82) is 0 Å². The molecule has 0 saturated carbocycles. The molecule has 0 unspecified atom stereocenters. The van der Waals surface area contributed by atoms with Crippen molar-refractivity contribution in [3.63, 3.8) is 0 Å². The number of carbonyl (C=O) groups excluding carboxylic acids is 1. The van der Waals surface area contributed by atoms with Gasteiger partial charge in [0.2, 0.25) is 0 Å². The van der Waals surface area contributed by atoms with Gasteiger partial charge >= 0.3 is 0 Å². The number of amides is 1. The summed E-state index contributed by atoms with van der Waals surface area (Å²) in [4.78, 5) is 16.0. The minimum atomic E-state index is -0.361. The summed E-state index contributed by atoms with van der Waals surface area (Å²) in [7, 11) is 0. The second-order valence-electron chi connectivity index (χ2n) is 5.05. The number of hydrogen-bond donors (Lipinski definition) is 1. The van der Waals surface area contributed by atoms with Gasteiger partial charge in [0.1, 0.15) is 18.5 Å². The Hall–Kier alpha value is -3.02. The maximum atomic E-state index is 12.9. The Bertz CT molecular complexity index is 785. The van der Waals surface area contributed by atoms with Crippen LogP contribution in [0.5, 0.6) is 0 Å². The topological polar surface area (TPSA) is 59.8 Å². The molecular weight excluding hydrogens is 295 g/mol. The van der Waals surface area contributed by atoms with Crippen LogP contribution in [0, 0.1) is 5.82 Å². The number of benzene rings is 2. The first-order chi connectivity index (χ1) is 11.2. The minimum Gasteiger partial charge on any atom is -0.348 e. The Kier molecular flexibility index (Phi) is 4.42. The molecule has 23 heavy (non-hydrogen) atoms. The highest BCUT2D eigenvalue weighted by atomic mass is 19.1. The molecule has 0 aliphatic rings. The number of rotatable bonds is 5. The van der Waals surface area contributed by atoms with E-state index in [1.165, 1.54) is 30.6 Å². The summed E-state index contributed by atoms with van der Waals surface area (Å²) >= 11 is 0. The lowest BCUT2D eigenvalue weighted by atomic mass is 10.1. The van der Waals surface area contributed by atoms with Gasteiger partial charge in [-0.3, -0.25) is 4.79 Å². The summed E-state index contributed by atoms with van der Waals surface area (Å²) in [6, 6.07) is 13.3. The van der Waals surface area contributed by atoms with Gasteiger partial charge in [-0.25, -0.2) is 14.1 Å². The van der Waals surface area contributed by atoms with E-state index in [1.54, 1.807) is 11.0 Å². The molecule has 5 nitrogen and oxygen atoms in total. The summed E-state index contributed by atoms with van der Waals surface area (Å²) in [5, 5.41) is 6.93. The quantitative estimate of drug-likeness (QED) is 0.787. The van der Waals surface area contributed by atoms with Gasteiger partial charge in [-0.2, -0.15) is 5.10 Å². The molecular formula is C17H15FN4O. The van der Waals surface area contributed by atoms with Crippen molar-refractivity contribution in [2.75, 3.05) is 0 Å². The van der Waals surface area contributed by atoms with Gasteiger partial charge in [-0.05, 0) is 35.4 Å². The second kappa shape index (κ2) is 6.83. The van der Waals surface area contributed by atoms with Crippen LogP contribution in [0.1, 0.15) is 21.5 Å². The summed E-state index contributed by atoms with van der Waals surface area (Å²) in [6.45, 7) is 0.976. The predicted octanol–water partition coefficient (Wildman–Crippen LogP) is 2.40. The molecule has 0 radical (unpaired) electrons. The second-order valence-corrected chi connectivity index (χ2v) is 5.05. The Balaban J connectivity index is 1.68. The van der Waals surface area contributed by atoms with Crippen molar-refractivity contribution >= 4 is 5.91 Å². The van der Waals surface area contributed by atoms with Crippen molar-refractivity contribution in [2.45, 2.75) is 13.1 Å². The van der Waals surface area contributed by atoms with Crippen LogP contribution in [-0.2, 0) is 13.1 Å². The van der Waals surface area contributed by atoms with Crippen LogP contribution < -0.4 is 5.32 Å². The number of carbonyl (C=O) groups is 1. The average Bonchev–Trinajstić information content (AvgIpc) is 3.07. The normalized spacial score (nSPS) is 10.5. The number of nitrogens with one attached hydrogen (secondary N) is 1. The molecule has 116 valence electrons. The van der Waals surface area contributed by atoms with Crippen LogP contribution in [0.25, 0.3) is 0 Å². The lowest BCUT2D eigenvalue weighted by Gasteiger charge is -2.11. The Morgan fingerprint density at radius 3 is 2.52 bits per heavy atom. The van der Waals surface area contributed by atoms with E-state index in [0.717, 1.165) is 11.1 Å². The maximum absolute atomic E-state index is 12.9. The molecule has 0 spiro atoms. The minimum absolute atomic E-state index is 0.236. The van der Waals surface area contributed by atoms with E-state index < -0.39 is 0 Å². The fraction of sp³-hybridized carbons (Fsp3) is 0.118. The molecule has 0 bridgehead atoms. The zero-order valence-electron chi connectivity index (χ0n) is 12.3. The van der Waals surface area contributed by atoms with Gasteiger partial charge in [0.25, 0.3) is 5.91 Å². The molecule has 0 aliphatic carbocycles. The first-order valence-electron chi connectivity index (χ1n) is 7.15. The number of aromatic nitrogens is 3. The highest BCUT2D eigenvalue weighted by Crippen LogP contribution is 2.10. The standard InChI is InChI=1S/C17H15FN4O/c18-16-7-5-13(6-8-16)17(23)20-9-14-3-1-2-4-15(14)10-22-12-19-11-21-22/h1-8,11-12H,9-10H2,(H,20,23). The molecule has 3 aromatic rings. The molecule has 0 atom stereocenters. The van der Waals surface area contributed by atoms with Gasteiger partial charge in [0.15, 0.2) is 0 Å². The highest BCUT2D eigenvalue weighted by Gasteiger charge is 2.08.